The second kappa shape index (κ2) is 10.4. The highest BCUT2D eigenvalue weighted by Gasteiger charge is 2.16. The number of halogens is 1. The summed E-state index contributed by atoms with van der Waals surface area (Å²) in [5, 5.41) is 3.08. The van der Waals surface area contributed by atoms with E-state index in [0.29, 0.717) is 31.1 Å². The van der Waals surface area contributed by atoms with Crippen molar-refractivity contribution in [1.82, 2.24) is 10.0 Å². The number of sulfonamides is 1. The fourth-order valence-corrected chi connectivity index (χ4v) is 3.67. The number of ether oxygens (including phenoxy) is 1. The van der Waals surface area contributed by atoms with Gasteiger partial charge >= 0.3 is 0 Å². The molecule has 116 valence electrons. The maximum atomic E-state index is 12.1. The zero-order valence-electron chi connectivity index (χ0n) is 11.6. The Kier molecular flexibility index (Phi) is 10.3. The Hall–Kier alpha value is -0.310. The van der Waals surface area contributed by atoms with E-state index < -0.39 is 10.0 Å². The lowest BCUT2D eigenvalue weighted by atomic mass is 10.4. The molecule has 2 N–H and O–H groups in total. The summed E-state index contributed by atoms with van der Waals surface area (Å²) in [5.41, 5.74) is 0. The van der Waals surface area contributed by atoms with Crippen LogP contribution >= 0.6 is 24.2 Å². The summed E-state index contributed by atoms with van der Waals surface area (Å²) in [6.45, 7) is 2.25. The summed E-state index contributed by atoms with van der Waals surface area (Å²) in [6.07, 6.45) is 1.86. The van der Waals surface area contributed by atoms with Gasteiger partial charge in [-0.3, -0.25) is 0 Å². The summed E-state index contributed by atoms with van der Waals surface area (Å²) >= 11 is 1.42. The van der Waals surface area contributed by atoms with Crippen molar-refractivity contribution in [3.63, 3.8) is 0 Å². The number of rotatable bonds is 9. The molecule has 0 bridgehead atoms. The minimum absolute atomic E-state index is 0. The molecular formula is C12H21ClN2O3S2. The molecule has 8 heteroatoms. The molecule has 5 nitrogen and oxygen atoms in total. The fraction of sp³-hybridized carbons (Fsp3) is 0.500. The van der Waals surface area contributed by atoms with Gasteiger partial charge in [-0.25, -0.2) is 13.1 Å². The summed E-state index contributed by atoms with van der Waals surface area (Å²) in [6, 6.07) is 6.98. The molecule has 0 aliphatic carbocycles. The first-order valence-corrected chi connectivity index (χ1v) is 8.65. The summed E-state index contributed by atoms with van der Waals surface area (Å²) < 4.78 is 31.7. The zero-order valence-corrected chi connectivity index (χ0v) is 14.0. The van der Waals surface area contributed by atoms with Crippen LogP contribution in [0.1, 0.15) is 0 Å². The molecule has 0 unspecified atom stereocenters. The highest BCUT2D eigenvalue weighted by molar-refractivity contribution is 7.99. The molecule has 0 saturated carbocycles. The van der Waals surface area contributed by atoms with E-state index >= 15 is 0 Å². The monoisotopic (exact) mass is 340 g/mol. The molecule has 20 heavy (non-hydrogen) atoms. The van der Waals surface area contributed by atoms with Crippen molar-refractivity contribution in [1.29, 1.82) is 0 Å². The lowest BCUT2D eigenvalue weighted by Crippen LogP contribution is -2.33. The van der Waals surface area contributed by atoms with Crippen molar-refractivity contribution < 1.29 is 13.2 Å². The first kappa shape index (κ1) is 19.7. The lowest BCUT2D eigenvalue weighted by molar-refractivity contribution is 0.199. The number of thioether (sulfide) groups is 1. The smallest absolute Gasteiger partial charge is 0.241 e. The first-order chi connectivity index (χ1) is 9.11. The quantitative estimate of drug-likeness (QED) is 0.524. The maximum Gasteiger partial charge on any atom is 0.241 e. The number of hydrogen-bond donors (Lipinski definition) is 2. The second-order valence-electron chi connectivity index (χ2n) is 3.79. The van der Waals surface area contributed by atoms with Gasteiger partial charge in [-0.2, -0.15) is 0 Å². The zero-order chi connectivity index (χ0) is 14.1. The van der Waals surface area contributed by atoms with Crippen LogP contribution in [0.25, 0.3) is 0 Å². The largest absolute Gasteiger partial charge is 0.383 e. The molecule has 1 rings (SSSR count). The Labute approximate surface area is 131 Å². The highest BCUT2D eigenvalue weighted by Crippen LogP contribution is 2.23. The van der Waals surface area contributed by atoms with Gasteiger partial charge in [0, 0.05) is 31.6 Å². The van der Waals surface area contributed by atoms with Gasteiger partial charge in [0.2, 0.25) is 10.0 Å². The van der Waals surface area contributed by atoms with Gasteiger partial charge in [-0.1, -0.05) is 12.1 Å². The molecule has 0 fully saturated rings. The molecule has 1 aromatic rings. The molecule has 0 aromatic heterocycles. The minimum atomic E-state index is -3.44. The Bertz CT molecular complexity index is 483. The van der Waals surface area contributed by atoms with Crippen molar-refractivity contribution >= 4 is 34.2 Å². The van der Waals surface area contributed by atoms with Gasteiger partial charge in [0.1, 0.15) is 0 Å². The van der Waals surface area contributed by atoms with Crippen LogP contribution in [0.2, 0.25) is 0 Å². The summed E-state index contributed by atoms with van der Waals surface area (Å²) in [4.78, 5) is 1.08. The van der Waals surface area contributed by atoms with E-state index in [9.17, 15) is 8.42 Å². The van der Waals surface area contributed by atoms with Crippen molar-refractivity contribution in [2.75, 3.05) is 39.6 Å². The van der Waals surface area contributed by atoms with Crippen LogP contribution in [0.15, 0.2) is 34.1 Å². The van der Waals surface area contributed by atoms with Gasteiger partial charge in [-0.15, -0.1) is 24.2 Å². The molecular weight excluding hydrogens is 320 g/mol. The highest BCUT2D eigenvalue weighted by atomic mass is 35.5. The average molecular weight is 341 g/mol. The van der Waals surface area contributed by atoms with Crippen LogP contribution in [0.4, 0.5) is 0 Å². The molecule has 0 spiro atoms. The SMILES string of the molecule is COCCNCCNS(=O)(=O)c1ccccc1SC.Cl. The van der Waals surface area contributed by atoms with Crippen molar-refractivity contribution in [3.8, 4) is 0 Å². The maximum absolute atomic E-state index is 12.1. The lowest BCUT2D eigenvalue weighted by Gasteiger charge is -2.10. The molecule has 0 radical (unpaired) electrons. The van der Waals surface area contributed by atoms with E-state index in [2.05, 4.69) is 10.0 Å². The molecule has 0 aliphatic rings. The van der Waals surface area contributed by atoms with Crippen LogP contribution in [-0.4, -0.2) is 48.0 Å². The predicted molar refractivity (Wildman–Crippen MR) is 85.4 cm³/mol. The van der Waals surface area contributed by atoms with E-state index in [4.69, 9.17) is 4.74 Å². The molecule has 0 aliphatic heterocycles. The molecule has 0 amide bonds. The fourth-order valence-electron chi connectivity index (χ4n) is 1.49. The Morgan fingerprint density at radius 1 is 1.20 bits per heavy atom. The molecule has 0 atom stereocenters. The number of nitrogens with one attached hydrogen (secondary N) is 2. The number of methoxy groups -OCH3 is 1. The van der Waals surface area contributed by atoms with E-state index in [1.54, 1.807) is 25.3 Å². The van der Waals surface area contributed by atoms with E-state index in [1.165, 1.54) is 11.8 Å². The standard InChI is InChI=1S/C12H20N2O3S2.ClH/c1-17-10-9-13-7-8-14-19(15,16)12-6-4-3-5-11(12)18-2;/h3-6,13-14H,7-10H2,1-2H3;1H. The van der Waals surface area contributed by atoms with Crippen molar-refractivity contribution in [2.45, 2.75) is 9.79 Å². The van der Waals surface area contributed by atoms with Gasteiger partial charge in [0.05, 0.1) is 11.5 Å². The third-order valence-electron chi connectivity index (χ3n) is 2.44. The first-order valence-electron chi connectivity index (χ1n) is 5.94. The van der Waals surface area contributed by atoms with E-state index in [0.717, 1.165) is 4.90 Å². The molecule has 0 heterocycles. The van der Waals surface area contributed by atoms with Crippen LogP contribution in [0.5, 0.6) is 0 Å². The Balaban J connectivity index is 0.00000361. The minimum Gasteiger partial charge on any atom is -0.383 e. The van der Waals surface area contributed by atoms with Crippen LogP contribution in [-0.2, 0) is 14.8 Å². The normalized spacial score (nSPS) is 11.1. The van der Waals surface area contributed by atoms with E-state index in [-0.39, 0.29) is 12.4 Å². The second-order valence-corrected chi connectivity index (χ2v) is 6.37. The van der Waals surface area contributed by atoms with Crippen LogP contribution in [0.3, 0.4) is 0 Å². The Morgan fingerprint density at radius 3 is 2.55 bits per heavy atom. The topological polar surface area (TPSA) is 67.4 Å². The van der Waals surface area contributed by atoms with Gasteiger partial charge in [0.25, 0.3) is 0 Å². The van der Waals surface area contributed by atoms with Crippen molar-refractivity contribution in [3.05, 3.63) is 24.3 Å². The van der Waals surface area contributed by atoms with Gasteiger partial charge in [0.15, 0.2) is 0 Å². The van der Waals surface area contributed by atoms with Crippen LogP contribution < -0.4 is 10.0 Å². The predicted octanol–water partition coefficient (Wildman–Crippen LogP) is 1.34. The third kappa shape index (κ3) is 6.43. The van der Waals surface area contributed by atoms with Gasteiger partial charge < -0.3 is 10.1 Å². The summed E-state index contributed by atoms with van der Waals surface area (Å²) in [5.74, 6) is 0. The molecule has 1 aromatic carbocycles. The number of hydrogen-bond acceptors (Lipinski definition) is 5. The van der Waals surface area contributed by atoms with Gasteiger partial charge in [-0.05, 0) is 18.4 Å². The van der Waals surface area contributed by atoms with Crippen molar-refractivity contribution in [2.24, 2.45) is 0 Å². The van der Waals surface area contributed by atoms with Crippen LogP contribution in [0, 0.1) is 0 Å². The summed E-state index contributed by atoms with van der Waals surface area (Å²) in [7, 11) is -1.81. The third-order valence-corrected chi connectivity index (χ3v) is 4.88. The average Bonchev–Trinajstić information content (AvgIpc) is 2.42. The number of benzene rings is 1. The Morgan fingerprint density at radius 2 is 1.90 bits per heavy atom. The van der Waals surface area contributed by atoms with E-state index in [1.807, 2.05) is 12.3 Å². The molecule has 0 saturated heterocycles.